The number of phenolic OH excluding ortho intramolecular Hbond substituents is 2. The number of ether oxygens (including phenoxy) is 1. The van der Waals surface area contributed by atoms with Gasteiger partial charge in [-0.2, -0.15) is 0 Å². The van der Waals surface area contributed by atoms with Gasteiger partial charge in [0.25, 0.3) is 0 Å². The molecule has 0 radical (unpaired) electrons. The molecule has 16 heavy (non-hydrogen) atoms. The van der Waals surface area contributed by atoms with Crippen LogP contribution in [0.25, 0.3) is 0 Å². The van der Waals surface area contributed by atoms with Gasteiger partial charge in [-0.05, 0) is 17.7 Å². The van der Waals surface area contributed by atoms with Crippen LogP contribution in [0.1, 0.15) is 11.7 Å². The number of aromatic hydroxyl groups is 2. The van der Waals surface area contributed by atoms with Crippen molar-refractivity contribution < 1.29 is 25.2 Å². The van der Waals surface area contributed by atoms with Crippen molar-refractivity contribution in [2.24, 2.45) is 5.73 Å². The third-order valence-electron chi connectivity index (χ3n) is 2.24. The van der Waals surface area contributed by atoms with E-state index >= 15 is 0 Å². The third-order valence-corrected chi connectivity index (χ3v) is 2.24. The van der Waals surface area contributed by atoms with Crippen LogP contribution in [-0.4, -0.2) is 40.2 Å². The molecule has 0 bridgehead atoms. The van der Waals surface area contributed by atoms with Gasteiger partial charge in [0.1, 0.15) is 6.10 Å². The third kappa shape index (κ3) is 2.35. The molecule has 0 aliphatic carbocycles. The Kier molecular flexibility index (Phi) is 3.94. The van der Waals surface area contributed by atoms with Gasteiger partial charge in [-0.25, -0.2) is 0 Å². The molecular formula is C10H15NO5. The van der Waals surface area contributed by atoms with Crippen molar-refractivity contribution in [3.8, 4) is 17.2 Å². The van der Waals surface area contributed by atoms with Crippen LogP contribution in [0.15, 0.2) is 12.1 Å². The topological polar surface area (TPSA) is 116 Å². The molecule has 1 aromatic carbocycles. The van der Waals surface area contributed by atoms with Crippen LogP contribution in [0, 0.1) is 0 Å². The van der Waals surface area contributed by atoms with Gasteiger partial charge in [-0.15, -0.1) is 0 Å². The number of aliphatic hydroxyl groups excluding tert-OH is 2. The number of phenols is 2. The van der Waals surface area contributed by atoms with Gasteiger partial charge in [-0.1, -0.05) is 0 Å². The van der Waals surface area contributed by atoms with Crippen LogP contribution < -0.4 is 10.5 Å². The number of rotatable bonds is 4. The molecule has 0 amide bonds. The molecule has 6 nitrogen and oxygen atoms in total. The van der Waals surface area contributed by atoms with Crippen LogP contribution in [0.2, 0.25) is 0 Å². The van der Waals surface area contributed by atoms with Gasteiger partial charge >= 0.3 is 0 Å². The van der Waals surface area contributed by atoms with E-state index in [0.29, 0.717) is 0 Å². The normalized spacial score (nSPS) is 14.5. The summed E-state index contributed by atoms with van der Waals surface area (Å²) in [7, 11) is 1.31. The van der Waals surface area contributed by atoms with E-state index in [-0.39, 0.29) is 17.9 Å². The lowest BCUT2D eigenvalue weighted by atomic mass is 10.0. The van der Waals surface area contributed by atoms with E-state index in [9.17, 15) is 20.4 Å². The van der Waals surface area contributed by atoms with Crippen molar-refractivity contribution in [2.75, 3.05) is 13.7 Å². The zero-order valence-corrected chi connectivity index (χ0v) is 8.79. The zero-order chi connectivity index (χ0) is 12.3. The van der Waals surface area contributed by atoms with Crippen LogP contribution in [0.3, 0.4) is 0 Å². The summed E-state index contributed by atoms with van der Waals surface area (Å²) < 4.78 is 4.80. The summed E-state index contributed by atoms with van der Waals surface area (Å²) in [6.45, 7) is -0.120. The van der Waals surface area contributed by atoms with Crippen molar-refractivity contribution in [3.05, 3.63) is 17.7 Å². The average Bonchev–Trinajstić information content (AvgIpc) is 2.30. The Balaban J connectivity index is 3.10. The fourth-order valence-electron chi connectivity index (χ4n) is 1.29. The number of nitrogens with two attached hydrogens (primary N) is 1. The van der Waals surface area contributed by atoms with Crippen molar-refractivity contribution in [2.45, 2.75) is 12.2 Å². The largest absolute Gasteiger partial charge is 0.504 e. The molecule has 0 saturated carbocycles. The number of aliphatic hydroxyl groups is 2. The summed E-state index contributed by atoms with van der Waals surface area (Å²) in [5.41, 5.74) is 5.41. The Morgan fingerprint density at radius 2 is 1.94 bits per heavy atom. The van der Waals surface area contributed by atoms with Gasteiger partial charge in [0.05, 0.1) is 13.2 Å². The SMILES string of the molecule is COc1cc(C(O)C(O)CN)cc(O)c1O. The van der Waals surface area contributed by atoms with Gasteiger partial charge in [-0.3, -0.25) is 0 Å². The minimum atomic E-state index is -1.25. The molecule has 90 valence electrons. The van der Waals surface area contributed by atoms with Crippen LogP contribution >= 0.6 is 0 Å². The van der Waals surface area contributed by atoms with E-state index in [0.717, 1.165) is 6.07 Å². The number of benzene rings is 1. The molecule has 2 atom stereocenters. The van der Waals surface area contributed by atoms with E-state index in [1.54, 1.807) is 0 Å². The Morgan fingerprint density at radius 1 is 1.31 bits per heavy atom. The van der Waals surface area contributed by atoms with Gasteiger partial charge in [0, 0.05) is 6.54 Å². The second kappa shape index (κ2) is 5.02. The number of hydrogen-bond acceptors (Lipinski definition) is 6. The highest BCUT2D eigenvalue weighted by molar-refractivity contribution is 5.52. The Labute approximate surface area is 92.5 Å². The first-order valence-corrected chi connectivity index (χ1v) is 4.67. The number of methoxy groups -OCH3 is 1. The molecule has 0 aromatic heterocycles. The summed E-state index contributed by atoms with van der Waals surface area (Å²) in [6, 6.07) is 2.46. The monoisotopic (exact) mass is 229 g/mol. The molecule has 1 rings (SSSR count). The van der Waals surface area contributed by atoms with Crippen molar-refractivity contribution in [3.63, 3.8) is 0 Å². The lowest BCUT2D eigenvalue weighted by Crippen LogP contribution is -2.27. The van der Waals surface area contributed by atoms with Gasteiger partial charge in [0.15, 0.2) is 11.5 Å². The Morgan fingerprint density at radius 3 is 2.44 bits per heavy atom. The molecule has 0 saturated heterocycles. The highest BCUT2D eigenvalue weighted by Crippen LogP contribution is 2.38. The minimum absolute atomic E-state index is 0.0123. The van der Waals surface area contributed by atoms with Crippen molar-refractivity contribution in [1.29, 1.82) is 0 Å². The molecule has 0 fully saturated rings. The molecule has 6 N–H and O–H groups in total. The zero-order valence-electron chi connectivity index (χ0n) is 8.79. The summed E-state index contributed by atoms with van der Waals surface area (Å²) in [5, 5.41) is 37.7. The molecule has 0 aliphatic heterocycles. The first kappa shape index (κ1) is 12.6. The molecular weight excluding hydrogens is 214 g/mol. The predicted octanol–water partition coefficient (Wildman–Crippen LogP) is -0.541. The lowest BCUT2D eigenvalue weighted by molar-refractivity contribution is 0.0241. The summed E-state index contributed by atoms with van der Waals surface area (Å²) in [4.78, 5) is 0. The van der Waals surface area contributed by atoms with Gasteiger partial charge in [0.2, 0.25) is 5.75 Å². The molecule has 6 heteroatoms. The maximum atomic E-state index is 9.65. The lowest BCUT2D eigenvalue weighted by Gasteiger charge is -2.17. The van der Waals surface area contributed by atoms with Crippen LogP contribution in [0.4, 0.5) is 0 Å². The molecule has 0 heterocycles. The van der Waals surface area contributed by atoms with Crippen molar-refractivity contribution >= 4 is 0 Å². The summed E-state index contributed by atoms with van der Waals surface area (Å²) >= 11 is 0. The van der Waals surface area contributed by atoms with E-state index in [1.807, 2.05) is 0 Å². The van der Waals surface area contributed by atoms with E-state index in [1.165, 1.54) is 13.2 Å². The number of hydrogen-bond donors (Lipinski definition) is 5. The predicted molar refractivity (Wildman–Crippen MR) is 56.3 cm³/mol. The highest BCUT2D eigenvalue weighted by Gasteiger charge is 2.20. The van der Waals surface area contributed by atoms with Gasteiger partial charge < -0.3 is 30.9 Å². The van der Waals surface area contributed by atoms with E-state index < -0.39 is 23.7 Å². The Hall–Kier alpha value is -1.50. The fourth-order valence-corrected chi connectivity index (χ4v) is 1.29. The summed E-state index contributed by atoms with van der Waals surface area (Å²) in [5.74, 6) is -0.836. The second-order valence-corrected chi connectivity index (χ2v) is 3.34. The van der Waals surface area contributed by atoms with Crippen LogP contribution in [-0.2, 0) is 0 Å². The van der Waals surface area contributed by atoms with Crippen LogP contribution in [0.5, 0.6) is 17.2 Å². The highest BCUT2D eigenvalue weighted by atomic mass is 16.5. The summed E-state index contributed by atoms with van der Waals surface area (Å²) in [6.07, 6.45) is -2.39. The Bertz CT molecular complexity index is 368. The quantitative estimate of drug-likeness (QED) is 0.443. The molecule has 1 aromatic rings. The first-order valence-electron chi connectivity index (χ1n) is 4.67. The molecule has 2 unspecified atom stereocenters. The first-order chi connectivity index (χ1) is 7.51. The van der Waals surface area contributed by atoms with Crippen molar-refractivity contribution in [1.82, 2.24) is 0 Å². The standard InChI is InChI=1S/C10H15NO5/c1-16-8-3-5(2-6(12)10(8)15)9(14)7(13)4-11/h2-3,7,9,12-15H,4,11H2,1H3. The maximum Gasteiger partial charge on any atom is 0.200 e. The second-order valence-electron chi connectivity index (χ2n) is 3.34. The minimum Gasteiger partial charge on any atom is -0.504 e. The molecule has 0 spiro atoms. The van der Waals surface area contributed by atoms with E-state index in [4.69, 9.17) is 10.5 Å². The fraction of sp³-hybridized carbons (Fsp3) is 0.400. The average molecular weight is 229 g/mol. The van der Waals surface area contributed by atoms with E-state index in [2.05, 4.69) is 0 Å². The molecule has 0 aliphatic rings. The maximum absolute atomic E-state index is 9.65. The smallest absolute Gasteiger partial charge is 0.200 e.